The molecule has 3 aliphatic rings. The first-order chi connectivity index (χ1) is 11.1. The third-order valence-electron chi connectivity index (χ3n) is 5.48. The highest BCUT2D eigenvalue weighted by Gasteiger charge is 2.49. The Kier molecular flexibility index (Phi) is 6.78. The van der Waals surface area contributed by atoms with Crippen molar-refractivity contribution in [1.82, 2.24) is 0 Å². The SMILES string of the molecule is CSCC1CSC(CSC(=O)C2CC3CC2CC3C(C)=O)CS1. The van der Waals surface area contributed by atoms with Crippen LogP contribution >= 0.6 is 47.0 Å². The number of fused-ring (bicyclic) bond motifs is 2. The summed E-state index contributed by atoms with van der Waals surface area (Å²) in [5.74, 6) is 6.49. The lowest BCUT2D eigenvalue weighted by molar-refractivity contribution is -0.124. The molecular weight excluding hydrogens is 364 g/mol. The van der Waals surface area contributed by atoms with Gasteiger partial charge in [-0.3, -0.25) is 9.59 Å². The highest BCUT2D eigenvalue weighted by atomic mass is 32.2. The standard InChI is InChI=1S/C17H26O2S4/c1-10(18)15-4-12-3-11(15)5-16(12)17(19)23-9-14-8-21-13(6-20-2)7-22-14/h11-16H,3-9H2,1-2H3. The van der Waals surface area contributed by atoms with Crippen molar-refractivity contribution in [2.24, 2.45) is 23.7 Å². The Hall–Kier alpha value is 0.740. The van der Waals surface area contributed by atoms with Crippen LogP contribution < -0.4 is 0 Å². The van der Waals surface area contributed by atoms with E-state index in [9.17, 15) is 9.59 Å². The van der Waals surface area contributed by atoms with Crippen molar-refractivity contribution >= 4 is 57.9 Å². The molecule has 1 heterocycles. The second kappa shape index (κ2) is 8.41. The average Bonchev–Trinajstić information content (AvgIpc) is 3.14. The van der Waals surface area contributed by atoms with Crippen LogP contribution in [0.3, 0.4) is 0 Å². The van der Waals surface area contributed by atoms with Crippen LogP contribution in [-0.4, -0.2) is 50.7 Å². The molecule has 1 saturated heterocycles. The van der Waals surface area contributed by atoms with E-state index in [-0.39, 0.29) is 11.8 Å². The Morgan fingerprint density at radius 3 is 2.09 bits per heavy atom. The number of ketones is 1. The van der Waals surface area contributed by atoms with Crippen molar-refractivity contribution in [2.75, 3.05) is 29.3 Å². The summed E-state index contributed by atoms with van der Waals surface area (Å²) in [6, 6.07) is 0. The van der Waals surface area contributed by atoms with Gasteiger partial charge in [-0.05, 0) is 44.3 Å². The summed E-state index contributed by atoms with van der Waals surface area (Å²) in [6.45, 7) is 1.72. The summed E-state index contributed by atoms with van der Waals surface area (Å²) in [6.07, 6.45) is 5.24. The maximum Gasteiger partial charge on any atom is 0.192 e. The van der Waals surface area contributed by atoms with Crippen LogP contribution in [0.5, 0.6) is 0 Å². The lowest BCUT2D eigenvalue weighted by Gasteiger charge is -2.28. The second-order valence-electron chi connectivity index (χ2n) is 7.05. The summed E-state index contributed by atoms with van der Waals surface area (Å²) in [5, 5.41) is 1.84. The lowest BCUT2D eigenvalue weighted by Crippen LogP contribution is -2.28. The molecule has 3 fully saturated rings. The smallest absolute Gasteiger partial charge is 0.192 e. The van der Waals surface area contributed by atoms with Gasteiger partial charge < -0.3 is 0 Å². The van der Waals surface area contributed by atoms with Gasteiger partial charge in [-0.15, -0.1) is 0 Å². The normalized spacial score (nSPS) is 39.6. The summed E-state index contributed by atoms with van der Waals surface area (Å²) >= 11 is 7.67. The largest absolute Gasteiger partial charge is 0.300 e. The first-order valence-electron chi connectivity index (χ1n) is 8.47. The van der Waals surface area contributed by atoms with Gasteiger partial charge in [-0.2, -0.15) is 35.3 Å². The Morgan fingerprint density at radius 1 is 0.957 bits per heavy atom. The molecule has 3 rings (SSSR count). The van der Waals surface area contributed by atoms with E-state index in [0.717, 1.165) is 30.3 Å². The summed E-state index contributed by atoms with van der Waals surface area (Å²) < 4.78 is 0. The van der Waals surface area contributed by atoms with Crippen LogP contribution in [-0.2, 0) is 9.59 Å². The van der Waals surface area contributed by atoms with Gasteiger partial charge in [-0.25, -0.2) is 0 Å². The predicted octanol–water partition coefficient (Wildman–Crippen LogP) is 4.08. The highest BCUT2D eigenvalue weighted by Crippen LogP contribution is 2.53. The molecule has 6 atom stereocenters. The first-order valence-corrected chi connectivity index (χ1v) is 13.0. The van der Waals surface area contributed by atoms with Crippen LogP contribution in [0.25, 0.3) is 0 Å². The molecule has 130 valence electrons. The van der Waals surface area contributed by atoms with Gasteiger partial charge in [0, 0.05) is 45.3 Å². The van der Waals surface area contributed by atoms with Crippen molar-refractivity contribution in [1.29, 1.82) is 0 Å². The number of thioether (sulfide) groups is 4. The van der Waals surface area contributed by atoms with Crippen molar-refractivity contribution in [2.45, 2.75) is 36.7 Å². The van der Waals surface area contributed by atoms with E-state index in [1.165, 1.54) is 17.3 Å². The molecule has 0 amide bonds. The molecule has 1 aliphatic heterocycles. The average molecular weight is 391 g/mol. The maximum atomic E-state index is 12.6. The van der Waals surface area contributed by atoms with E-state index in [4.69, 9.17) is 0 Å². The molecule has 6 unspecified atom stereocenters. The van der Waals surface area contributed by atoms with Crippen molar-refractivity contribution in [3.63, 3.8) is 0 Å². The van der Waals surface area contributed by atoms with Crippen LogP contribution in [0, 0.1) is 23.7 Å². The molecule has 0 N–H and O–H groups in total. The number of Topliss-reactive ketones (excluding diaryl/α,β-unsaturated/α-hetero) is 1. The minimum atomic E-state index is 0.242. The van der Waals surface area contributed by atoms with Gasteiger partial charge in [0.05, 0.1) is 0 Å². The second-order valence-corrected chi connectivity index (χ2v) is 11.6. The van der Waals surface area contributed by atoms with Gasteiger partial charge in [0.2, 0.25) is 0 Å². The molecule has 0 radical (unpaired) electrons. The maximum absolute atomic E-state index is 12.6. The van der Waals surface area contributed by atoms with Gasteiger partial charge in [0.25, 0.3) is 0 Å². The van der Waals surface area contributed by atoms with E-state index in [1.54, 1.807) is 18.7 Å². The van der Waals surface area contributed by atoms with E-state index in [1.807, 2.05) is 11.8 Å². The van der Waals surface area contributed by atoms with Crippen LogP contribution in [0.4, 0.5) is 0 Å². The Bertz CT molecular complexity index is 448. The molecule has 23 heavy (non-hydrogen) atoms. The van der Waals surface area contributed by atoms with Gasteiger partial charge in [-0.1, -0.05) is 11.8 Å². The van der Waals surface area contributed by atoms with E-state index in [2.05, 4.69) is 29.8 Å². The van der Waals surface area contributed by atoms with E-state index < -0.39 is 0 Å². The zero-order valence-electron chi connectivity index (χ0n) is 13.9. The highest BCUT2D eigenvalue weighted by molar-refractivity contribution is 8.15. The fraction of sp³-hybridized carbons (Fsp3) is 0.882. The molecule has 6 heteroatoms. The number of hydrogen-bond donors (Lipinski definition) is 0. The molecule has 0 aromatic heterocycles. The van der Waals surface area contributed by atoms with Crippen LogP contribution in [0.15, 0.2) is 0 Å². The number of rotatable bonds is 6. The number of carbonyl (C=O) groups is 2. The third-order valence-corrected chi connectivity index (χ3v) is 11.0. The van der Waals surface area contributed by atoms with Crippen LogP contribution in [0.1, 0.15) is 26.2 Å². The molecule has 2 saturated carbocycles. The van der Waals surface area contributed by atoms with Crippen LogP contribution in [0.2, 0.25) is 0 Å². The first kappa shape index (κ1) is 18.5. The van der Waals surface area contributed by atoms with Gasteiger partial charge >= 0.3 is 0 Å². The zero-order valence-corrected chi connectivity index (χ0v) is 17.1. The monoisotopic (exact) mass is 390 g/mol. The van der Waals surface area contributed by atoms with E-state index in [0.29, 0.717) is 28.0 Å². The lowest BCUT2D eigenvalue weighted by atomic mass is 9.81. The minimum absolute atomic E-state index is 0.242. The zero-order chi connectivity index (χ0) is 16.4. The van der Waals surface area contributed by atoms with Crippen molar-refractivity contribution in [3.8, 4) is 0 Å². The minimum Gasteiger partial charge on any atom is -0.300 e. The summed E-state index contributed by atoms with van der Waals surface area (Å²) in [7, 11) is 0. The predicted molar refractivity (Wildman–Crippen MR) is 107 cm³/mol. The Labute approximate surface area is 156 Å². The Balaban J connectivity index is 1.39. The van der Waals surface area contributed by atoms with Gasteiger partial charge in [0.1, 0.15) is 5.78 Å². The molecular formula is C17H26O2S4. The molecule has 2 bridgehead atoms. The third kappa shape index (κ3) is 4.48. The van der Waals surface area contributed by atoms with Crippen molar-refractivity contribution in [3.05, 3.63) is 0 Å². The topological polar surface area (TPSA) is 34.1 Å². The van der Waals surface area contributed by atoms with Gasteiger partial charge in [0.15, 0.2) is 5.12 Å². The quantitative estimate of drug-likeness (QED) is 0.680. The summed E-state index contributed by atoms with van der Waals surface area (Å²) in [4.78, 5) is 24.2. The Morgan fingerprint density at radius 2 is 1.57 bits per heavy atom. The number of hydrogen-bond acceptors (Lipinski definition) is 6. The number of carbonyl (C=O) groups excluding carboxylic acids is 2. The summed E-state index contributed by atoms with van der Waals surface area (Å²) in [5.41, 5.74) is 0. The molecule has 2 aliphatic carbocycles. The fourth-order valence-electron chi connectivity index (χ4n) is 4.31. The van der Waals surface area contributed by atoms with E-state index >= 15 is 0 Å². The molecule has 0 aromatic carbocycles. The molecule has 0 aromatic rings. The molecule has 0 spiro atoms. The van der Waals surface area contributed by atoms with Crippen molar-refractivity contribution < 1.29 is 9.59 Å². The molecule has 2 nitrogen and oxygen atoms in total. The fourth-order valence-corrected chi connectivity index (χ4v) is 9.90.